The summed E-state index contributed by atoms with van der Waals surface area (Å²) in [5.74, 6) is 1.72. The van der Waals surface area contributed by atoms with Gasteiger partial charge in [0.15, 0.2) is 0 Å². The first kappa shape index (κ1) is 17.3. The van der Waals surface area contributed by atoms with Crippen molar-refractivity contribution in [2.24, 2.45) is 0 Å². The molecule has 2 aliphatic rings. The minimum Gasteiger partial charge on any atom is -0.481 e. The Morgan fingerprint density at radius 2 is 2.04 bits per heavy atom. The van der Waals surface area contributed by atoms with Crippen molar-refractivity contribution in [2.45, 2.75) is 57.5 Å². The van der Waals surface area contributed by atoms with Crippen LogP contribution in [0.3, 0.4) is 0 Å². The molecule has 0 spiro atoms. The number of ether oxygens (including phenoxy) is 1. The Hall–Kier alpha value is -2.08. The molecular weight excluding hydrogens is 331 g/mol. The quantitative estimate of drug-likeness (QED) is 0.837. The van der Waals surface area contributed by atoms with E-state index in [1.54, 1.807) is 7.11 Å². The summed E-state index contributed by atoms with van der Waals surface area (Å²) in [6.07, 6.45) is 10.5. The van der Waals surface area contributed by atoms with Gasteiger partial charge in [-0.1, -0.05) is 19.3 Å². The third-order valence-electron chi connectivity index (χ3n) is 5.48. The van der Waals surface area contributed by atoms with E-state index in [0.717, 1.165) is 30.9 Å². The highest BCUT2D eigenvalue weighted by molar-refractivity contribution is 5.27. The fraction of sp³-hybridized carbons (Fsp3) is 0.550. The Morgan fingerprint density at radius 1 is 1.19 bits per heavy atom. The molecule has 0 N–H and O–H groups in total. The van der Waals surface area contributed by atoms with Crippen molar-refractivity contribution in [3.8, 4) is 5.88 Å². The normalized spacial score (nSPS) is 18.5. The summed E-state index contributed by atoms with van der Waals surface area (Å²) in [7, 11) is 1.57. The van der Waals surface area contributed by atoms with Gasteiger partial charge in [0, 0.05) is 55.0 Å². The summed E-state index contributed by atoms with van der Waals surface area (Å²) in [5.41, 5.74) is 3.14. The molecule has 2 aromatic heterocycles. The van der Waals surface area contributed by atoms with Crippen molar-refractivity contribution in [3.05, 3.63) is 46.9 Å². The minimum atomic E-state index is -0.335. The van der Waals surface area contributed by atoms with Crippen LogP contribution in [0.2, 0.25) is 0 Å². The van der Waals surface area contributed by atoms with Gasteiger partial charge in [0.25, 0.3) is 0 Å². The zero-order chi connectivity index (χ0) is 17.9. The van der Waals surface area contributed by atoms with Crippen molar-refractivity contribution in [1.29, 1.82) is 0 Å². The molecular formula is C20H25FN4O. The number of aromatic nitrogens is 3. The second-order valence-corrected chi connectivity index (χ2v) is 7.32. The third-order valence-corrected chi connectivity index (χ3v) is 5.48. The van der Waals surface area contributed by atoms with Crippen LogP contribution in [0.4, 0.5) is 4.39 Å². The van der Waals surface area contributed by atoms with E-state index in [1.807, 2.05) is 6.20 Å². The van der Waals surface area contributed by atoms with Crippen molar-refractivity contribution in [3.63, 3.8) is 0 Å². The molecule has 1 saturated carbocycles. The molecule has 138 valence electrons. The van der Waals surface area contributed by atoms with Gasteiger partial charge in [0.05, 0.1) is 13.3 Å². The summed E-state index contributed by atoms with van der Waals surface area (Å²) in [4.78, 5) is 15.9. The van der Waals surface area contributed by atoms with Gasteiger partial charge in [-0.2, -0.15) is 0 Å². The van der Waals surface area contributed by atoms with Gasteiger partial charge >= 0.3 is 0 Å². The molecule has 5 nitrogen and oxygen atoms in total. The molecule has 0 atom stereocenters. The van der Waals surface area contributed by atoms with Crippen LogP contribution in [0.1, 0.15) is 60.7 Å². The number of pyridine rings is 1. The van der Waals surface area contributed by atoms with Gasteiger partial charge in [-0.05, 0) is 18.9 Å². The van der Waals surface area contributed by atoms with E-state index in [1.165, 1.54) is 55.6 Å². The summed E-state index contributed by atoms with van der Waals surface area (Å²) < 4.78 is 18.8. The monoisotopic (exact) mass is 356 g/mol. The maximum absolute atomic E-state index is 13.5. The molecule has 1 aliphatic carbocycles. The number of halogens is 1. The van der Waals surface area contributed by atoms with Gasteiger partial charge in [0.1, 0.15) is 11.6 Å². The van der Waals surface area contributed by atoms with Crippen LogP contribution in [-0.4, -0.2) is 33.5 Å². The van der Waals surface area contributed by atoms with Gasteiger partial charge in [-0.25, -0.2) is 19.3 Å². The maximum Gasteiger partial charge on any atom is 0.217 e. The van der Waals surface area contributed by atoms with E-state index in [2.05, 4.69) is 14.9 Å². The van der Waals surface area contributed by atoms with E-state index in [4.69, 9.17) is 9.72 Å². The Kier molecular flexibility index (Phi) is 5.11. The molecule has 3 heterocycles. The van der Waals surface area contributed by atoms with Gasteiger partial charge < -0.3 is 4.74 Å². The molecule has 0 unspecified atom stereocenters. The number of hydrogen-bond donors (Lipinski definition) is 0. The zero-order valence-electron chi connectivity index (χ0n) is 15.2. The molecule has 2 aromatic rings. The highest BCUT2D eigenvalue weighted by Crippen LogP contribution is 2.31. The van der Waals surface area contributed by atoms with E-state index in [0.29, 0.717) is 18.3 Å². The smallest absolute Gasteiger partial charge is 0.217 e. The van der Waals surface area contributed by atoms with Crippen molar-refractivity contribution < 1.29 is 9.13 Å². The number of rotatable bonds is 4. The third kappa shape index (κ3) is 3.70. The molecule has 26 heavy (non-hydrogen) atoms. The van der Waals surface area contributed by atoms with Gasteiger partial charge in [-0.15, -0.1) is 0 Å². The highest BCUT2D eigenvalue weighted by Gasteiger charge is 2.23. The average molecular weight is 356 g/mol. The fourth-order valence-corrected chi connectivity index (χ4v) is 4.09. The van der Waals surface area contributed by atoms with Crippen LogP contribution in [0.15, 0.2) is 18.5 Å². The summed E-state index contributed by atoms with van der Waals surface area (Å²) in [6.45, 7) is 2.28. The second kappa shape index (κ2) is 7.66. The van der Waals surface area contributed by atoms with E-state index < -0.39 is 0 Å². The molecule has 0 amide bonds. The van der Waals surface area contributed by atoms with Crippen LogP contribution in [0, 0.1) is 5.82 Å². The molecule has 0 saturated heterocycles. The van der Waals surface area contributed by atoms with Crippen molar-refractivity contribution >= 4 is 0 Å². The van der Waals surface area contributed by atoms with Gasteiger partial charge in [0.2, 0.25) is 5.88 Å². The van der Waals surface area contributed by atoms with Crippen LogP contribution in [0.25, 0.3) is 0 Å². The van der Waals surface area contributed by atoms with Crippen molar-refractivity contribution in [1.82, 2.24) is 19.9 Å². The standard InChI is InChI=1S/C20H25FN4O/c1-26-20-15(9-17(21)11-23-20)12-25-8-7-18-16(13-25)10-22-19(24-18)14-5-3-2-4-6-14/h9-11,14H,2-8,12-13H2,1H3. The topological polar surface area (TPSA) is 51.1 Å². The minimum absolute atomic E-state index is 0.335. The first-order chi connectivity index (χ1) is 12.7. The molecule has 6 heteroatoms. The Morgan fingerprint density at radius 3 is 2.85 bits per heavy atom. The summed E-state index contributed by atoms with van der Waals surface area (Å²) in [6, 6.07) is 1.50. The number of nitrogens with zero attached hydrogens (tertiary/aromatic N) is 4. The number of methoxy groups -OCH3 is 1. The summed E-state index contributed by atoms with van der Waals surface area (Å²) >= 11 is 0. The van der Waals surface area contributed by atoms with Crippen LogP contribution >= 0.6 is 0 Å². The lowest BCUT2D eigenvalue weighted by molar-refractivity contribution is 0.237. The van der Waals surface area contributed by atoms with Crippen molar-refractivity contribution in [2.75, 3.05) is 13.7 Å². The largest absolute Gasteiger partial charge is 0.481 e. The summed E-state index contributed by atoms with van der Waals surface area (Å²) in [5, 5.41) is 0. The SMILES string of the molecule is COc1ncc(F)cc1CN1CCc2nc(C3CCCCC3)ncc2C1. The molecule has 0 bridgehead atoms. The first-order valence-electron chi connectivity index (χ1n) is 9.48. The predicted molar refractivity (Wildman–Crippen MR) is 96.4 cm³/mol. The molecule has 1 fully saturated rings. The lowest BCUT2D eigenvalue weighted by Gasteiger charge is -2.29. The Balaban J connectivity index is 1.47. The fourth-order valence-electron chi connectivity index (χ4n) is 4.09. The Labute approximate surface area is 153 Å². The number of fused-ring (bicyclic) bond motifs is 1. The molecule has 4 rings (SSSR count). The van der Waals surface area contributed by atoms with Crippen LogP contribution in [-0.2, 0) is 19.5 Å². The maximum atomic E-state index is 13.5. The van der Waals surface area contributed by atoms with E-state index in [-0.39, 0.29) is 5.82 Å². The molecule has 1 aliphatic heterocycles. The highest BCUT2D eigenvalue weighted by atomic mass is 19.1. The van der Waals surface area contributed by atoms with Crippen LogP contribution < -0.4 is 4.74 Å². The lowest BCUT2D eigenvalue weighted by atomic mass is 9.88. The first-order valence-corrected chi connectivity index (χ1v) is 9.48. The second-order valence-electron chi connectivity index (χ2n) is 7.32. The van der Waals surface area contributed by atoms with E-state index in [9.17, 15) is 4.39 Å². The van der Waals surface area contributed by atoms with Crippen LogP contribution in [0.5, 0.6) is 5.88 Å². The zero-order valence-corrected chi connectivity index (χ0v) is 15.2. The number of hydrogen-bond acceptors (Lipinski definition) is 5. The average Bonchev–Trinajstić information content (AvgIpc) is 2.68. The van der Waals surface area contributed by atoms with E-state index >= 15 is 0 Å². The molecule has 0 radical (unpaired) electrons. The predicted octanol–water partition coefficient (Wildman–Crippen LogP) is 3.63. The van der Waals surface area contributed by atoms with Gasteiger partial charge in [-0.3, -0.25) is 4.90 Å². The molecule has 0 aromatic carbocycles. The lowest BCUT2D eigenvalue weighted by Crippen LogP contribution is -2.31. The Bertz CT molecular complexity index is 776.